The van der Waals surface area contributed by atoms with Gasteiger partial charge in [-0.1, -0.05) is 0 Å². The number of methoxy groups -OCH3 is 1. The van der Waals surface area contributed by atoms with Crippen LogP contribution in [0.4, 0.5) is 5.69 Å². The van der Waals surface area contributed by atoms with E-state index in [1.165, 1.54) is 6.07 Å². The maximum Gasteiger partial charge on any atom is 0.270 e. The van der Waals surface area contributed by atoms with Gasteiger partial charge in [-0.2, -0.15) is 0 Å². The van der Waals surface area contributed by atoms with Crippen LogP contribution in [-0.4, -0.2) is 24.5 Å². The number of ether oxygens (including phenoxy) is 1. The smallest absolute Gasteiger partial charge is 0.270 e. The lowest BCUT2D eigenvalue weighted by atomic mass is 10.2. The molecule has 1 aromatic carbocycles. The fraction of sp³-hybridized carbons (Fsp3) is 0.400. The van der Waals surface area contributed by atoms with Gasteiger partial charge in [-0.15, -0.1) is 0 Å². The Labute approximate surface area is 108 Å². The quantitative estimate of drug-likeness (QED) is 0.407. The van der Waals surface area contributed by atoms with E-state index in [9.17, 15) is 10.1 Å². The zero-order valence-corrected chi connectivity index (χ0v) is 11.8. The van der Waals surface area contributed by atoms with Crippen LogP contribution in [0, 0.1) is 10.1 Å². The van der Waals surface area contributed by atoms with Crippen molar-refractivity contribution < 1.29 is 26.6 Å². The van der Waals surface area contributed by atoms with Crippen molar-refractivity contribution in [3.8, 4) is 5.75 Å². The van der Waals surface area contributed by atoms with E-state index in [0.29, 0.717) is 0 Å². The van der Waals surface area contributed by atoms with Crippen molar-refractivity contribution in [3.63, 3.8) is 0 Å². The average molecular weight is 308 g/mol. The van der Waals surface area contributed by atoms with E-state index in [4.69, 9.17) is 4.74 Å². The largest absolute Gasteiger partial charge is 1.00 e. The van der Waals surface area contributed by atoms with E-state index in [2.05, 4.69) is 12.5 Å². The summed E-state index contributed by atoms with van der Waals surface area (Å²) in [6.07, 6.45) is 4.19. The van der Waals surface area contributed by atoms with Gasteiger partial charge in [0, 0.05) is 17.7 Å². The van der Waals surface area contributed by atoms with Gasteiger partial charge in [-0.3, -0.25) is 10.1 Å². The molecular weight excluding hydrogens is 294 g/mol. The average Bonchev–Trinajstić information content (AvgIpc) is 2.16. The zero-order chi connectivity index (χ0) is 11.4. The van der Waals surface area contributed by atoms with Crippen LogP contribution in [0.3, 0.4) is 0 Å². The molecule has 0 heterocycles. The second kappa shape index (κ2) is 6.75. The second-order valence-electron chi connectivity index (χ2n) is 3.38. The summed E-state index contributed by atoms with van der Waals surface area (Å²) in [5, 5.41) is 10.6. The van der Waals surface area contributed by atoms with Gasteiger partial charge in [-0.25, -0.2) is 0 Å². The lowest BCUT2D eigenvalue weighted by Crippen LogP contribution is -3.00. The first-order chi connectivity index (χ1) is 7.04. The molecule has 0 amide bonds. The lowest BCUT2D eigenvalue weighted by Gasteiger charge is -2.06. The first kappa shape index (κ1) is 15.2. The molecule has 1 rings (SSSR count). The molecular formula is C10H14BrNO3S. The SMILES string of the molecule is COc1ccc([N+](=O)[O-])cc1C[S+](C)C.[Br-]. The summed E-state index contributed by atoms with van der Waals surface area (Å²) in [7, 11) is 1.77. The van der Waals surface area contributed by atoms with Crippen molar-refractivity contribution in [2.45, 2.75) is 5.75 Å². The molecule has 0 bridgehead atoms. The number of hydrogen-bond donors (Lipinski definition) is 0. The van der Waals surface area contributed by atoms with E-state index in [1.54, 1.807) is 19.2 Å². The first-order valence-electron chi connectivity index (χ1n) is 4.40. The van der Waals surface area contributed by atoms with E-state index < -0.39 is 0 Å². The molecule has 0 aliphatic heterocycles. The van der Waals surface area contributed by atoms with Crippen molar-refractivity contribution in [2.24, 2.45) is 0 Å². The number of nitro groups is 1. The molecule has 0 N–H and O–H groups in total. The third kappa shape index (κ3) is 4.02. The normalized spacial score (nSPS) is 9.75. The van der Waals surface area contributed by atoms with Crippen LogP contribution in [-0.2, 0) is 16.6 Å². The van der Waals surface area contributed by atoms with Crippen molar-refractivity contribution in [1.29, 1.82) is 0 Å². The van der Waals surface area contributed by atoms with E-state index in [-0.39, 0.29) is 38.5 Å². The minimum Gasteiger partial charge on any atom is -1.00 e. The van der Waals surface area contributed by atoms with Crippen LogP contribution in [0.1, 0.15) is 5.56 Å². The van der Waals surface area contributed by atoms with Gasteiger partial charge in [0.2, 0.25) is 0 Å². The van der Waals surface area contributed by atoms with E-state index in [0.717, 1.165) is 17.1 Å². The molecule has 6 heteroatoms. The molecule has 1 aromatic rings. The van der Waals surface area contributed by atoms with Gasteiger partial charge >= 0.3 is 0 Å². The van der Waals surface area contributed by atoms with Crippen molar-refractivity contribution in [2.75, 3.05) is 19.6 Å². The molecule has 0 radical (unpaired) electrons. The number of benzene rings is 1. The summed E-state index contributed by atoms with van der Waals surface area (Å²) >= 11 is 0. The summed E-state index contributed by atoms with van der Waals surface area (Å²) < 4.78 is 5.16. The Bertz CT molecular complexity index is 371. The van der Waals surface area contributed by atoms with Crippen molar-refractivity contribution >= 4 is 16.6 Å². The molecule has 4 nitrogen and oxygen atoms in total. The predicted molar refractivity (Wildman–Crippen MR) is 62.6 cm³/mol. The van der Waals surface area contributed by atoms with Gasteiger partial charge in [-0.05, 0) is 17.0 Å². The number of hydrogen-bond acceptors (Lipinski definition) is 3. The summed E-state index contributed by atoms with van der Waals surface area (Å²) in [6, 6.07) is 4.71. The molecule has 0 fully saturated rings. The maximum absolute atomic E-state index is 10.6. The van der Waals surface area contributed by atoms with Gasteiger partial charge < -0.3 is 21.7 Å². The Morgan fingerprint density at radius 2 is 2.06 bits per heavy atom. The monoisotopic (exact) mass is 307 g/mol. The van der Waals surface area contributed by atoms with Crippen molar-refractivity contribution in [3.05, 3.63) is 33.9 Å². The highest BCUT2D eigenvalue weighted by atomic mass is 79.9. The predicted octanol–water partition coefficient (Wildman–Crippen LogP) is -1.01. The standard InChI is InChI=1S/C10H14NO3S.BrH/c1-14-10-5-4-9(11(12)13)6-8(10)7-15(2)3;/h4-6H,7H2,1-3H3;1H/q+1;/p-1. The molecule has 0 aliphatic rings. The Morgan fingerprint density at radius 1 is 1.44 bits per heavy atom. The molecule has 0 atom stereocenters. The summed E-state index contributed by atoms with van der Waals surface area (Å²) in [6.45, 7) is 0. The highest BCUT2D eigenvalue weighted by molar-refractivity contribution is 7.94. The number of nitro benzene ring substituents is 1. The van der Waals surface area contributed by atoms with Crippen LogP contribution in [0.5, 0.6) is 5.75 Å². The number of nitrogens with zero attached hydrogens (tertiary/aromatic N) is 1. The Hall–Kier alpha value is -0.750. The van der Waals surface area contributed by atoms with Gasteiger partial charge in [0.15, 0.2) is 0 Å². The number of non-ortho nitro benzene ring substituents is 1. The summed E-state index contributed by atoms with van der Waals surface area (Å²) in [4.78, 5) is 10.2. The fourth-order valence-electron chi connectivity index (χ4n) is 1.30. The van der Waals surface area contributed by atoms with E-state index >= 15 is 0 Å². The topological polar surface area (TPSA) is 52.4 Å². The first-order valence-corrected chi connectivity index (χ1v) is 6.61. The minimum absolute atomic E-state index is 0. The molecule has 16 heavy (non-hydrogen) atoms. The Kier molecular flexibility index (Phi) is 6.43. The van der Waals surface area contributed by atoms with Crippen LogP contribution in [0.2, 0.25) is 0 Å². The lowest BCUT2D eigenvalue weighted by molar-refractivity contribution is -0.384. The Morgan fingerprint density at radius 3 is 2.50 bits per heavy atom. The van der Waals surface area contributed by atoms with Gasteiger partial charge in [0.25, 0.3) is 5.69 Å². The zero-order valence-electron chi connectivity index (χ0n) is 9.40. The summed E-state index contributed by atoms with van der Waals surface area (Å²) in [5.74, 6) is 1.53. The molecule has 0 unspecified atom stereocenters. The molecule has 0 aromatic heterocycles. The van der Waals surface area contributed by atoms with Crippen LogP contribution < -0.4 is 21.7 Å². The van der Waals surface area contributed by atoms with Crippen LogP contribution >= 0.6 is 0 Å². The molecule has 0 saturated heterocycles. The fourth-order valence-corrected chi connectivity index (χ4v) is 2.15. The highest BCUT2D eigenvalue weighted by Gasteiger charge is 2.15. The van der Waals surface area contributed by atoms with E-state index in [1.807, 2.05) is 0 Å². The second-order valence-corrected chi connectivity index (χ2v) is 5.64. The minimum atomic E-state index is -0.383. The molecule has 90 valence electrons. The molecule has 0 aliphatic carbocycles. The van der Waals surface area contributed by atoms with Crippen molar-refractivity contribution in [1.82, 2.24) is 0 Å². The van der Waals surface area contributed by atoms with Crippen LogP contribution in [0.15, 0.2) is 18.2 Å². The number of halogens is 1. The third-order valence-electron chi connectivity index (χ3n) is 1.92. The van der Waals surface area contributed by atoms with Gasteiger partial charge in [0.05, 0.1) is 24.5 Å². The highest BCUT2D eigenvalue weighted by Crippen LogP contribution is 2.25. The van der Waals surface area contributed by atoms with Gasteiger partial charge in [0.1, 0.15) is 11.5 Å². The Balaban J connectivity index is 0.00000225. The third-order valence-corrected chi connectivity index (χ3v) is 2.81. The molecule has 0 saturated carbocycles. The maximum atomic E-state index is 10.6. The summed E-state index contributed by atoms with van der Waals surface area (Å²) in [5.41, 5.74) is 1.02. The number of rotatable bonds is 4. The molecule has 0 spiro atoms. The van der Waals surface area contributed by atoms with Crippen LogP contribution in [0.25, 0.3) is 0 Å².